The van der Waals surface area contributed by atoms with Crippen LogP contribution in [-0.4, -0.2) is 44.6 Å². The molecule has 0 radical (unpaired) electrons. The predicted molar refractivity (Wildman–Crippen MR) is 97.5 cm³/mol. The molecule has 2 heterocycles. The number of methoxy groups -OCH3 is 2. The number of nitrogens with zero attached hydrogens (tertiary/aromatic N) is 1. The molecule has 1 amide bonds. The minimum atomic E-state index is -0.749. The van der Waals surface area contributed by atoms with E-state index in [1.807, 2.05) is 13.0 Å². The molecule has 2 aliphatic rings. The van der Waals surface area contributed by atoms with E-state index in [0.29, 0.717) is 40.7 Å². The Balaban J connectivity index is 1.55. The molecular formula is C20H21NO7. The monoisotopic (exact) mass is 387 g/mol. The van der Waals surface area contributed by atoms with Crippen molar-refractivity contribution in [3.8, 4) is 23.0 Å². The molecule has 2 aromatic rings. The van der Waals surface area contributed by atoms with Crippen LogP contribution in [0.5, 0.6) is 23.0 Å². The molecule has 0 N–H and O–H groups in total. The number of carbonyl (C=O) groups is 1. The molecule has 4 rings (SSSR count). The van der Waals surface area contributed by atoms with Crippen molar-refractivity contribution in [2.24, 2.45) is 0 Å². The van der Waals surface area contributed by atoms with Gasteiger partial charge >= 0.3 is 0 Å². The van der Waals surface area contributed by atoms with Gasteiger partial charge in [-0.15, -0.1) is 0 Å². The number of hydroxylamine groups is 2. The van der Waals surface area contributed by atoms with Crippen LogP contribution < -0.4 is 18.9 Å². The number of benzene rings is 2. The molecule has 0 bridgehead atoms. The third-order valence-electron chi connectivity index (χ3n) is 4.53. The van der Waals surface area contributed by atoms with Crippen LogP contribution in [0.4, 0.5) is 0 Å². The summed E-state index contributed by atoms with van der Waals surface area (Å²) >= 11 is 0. The highest BCUT2D eigenvalue weighted by molar-refractivity contribution is 5.94. The van der Waals surface area contributed by atoms with Crippen LogP contribution in [0.3, 0.4) is 0 Å². The number of hydrogen-bond donors (Lipinski definition) is 0. The van der Waals surface area contributed by atoms with E-state index >= 15 is 0 Å². The van der Waals surface area contributed by atoms with Crippen molar-refractivity contribution in [2.45, 2.75) is 19.3 Å². The van der Waals surface area contributed by atoms with Crippen LogP contribution in [0.25, 0.3) is 0 Å². The molecule has 2 aliphatic heterocycles. The largest absolute Gasteiger partial charge is 0.493 e. The van der Waals surface area contributed by atoms with Crippen molar-refractivity contribution >= 4 is 5.91 Å². The Kier molecular flexibility index (Phi) is 4.97. The summed E-state index contributed by atoms with van der Waals surface area (Å²) in [6, 6.07) is 10.4. The minimum Gasteiger partial charge on any atom is -0.493 e. The Hall–Kier alpha value is -2.97. The summed E-state index contributed by atoms with van der Waals surface area (Å²) in [5.74, 6) is 2.04. The molecule has 148 valence electrons. The minimum absolute atomic E-state index is 0.152. The fraction of sp³-hybridized carbons (Fsp3) is 0.350. The SMILES string of the molecule is COc1ccc([C@@H]2O[C@H](C)CN(C(=O)c3ccc4c(c3)OCO4)O2)cc1OC. The van der Waals surface area contributed by atoms with Crippen LogP contribution in [-0.2, 0) is 9.57 Å². The summed E-state index contributed by atoms with van der Waals surface area (Å²) in [6.07, 6.45) is -0.966. The Morgan fingerprint density at radius 2 is 1.82 bits per heavy atom. The molecule has 1 saturated heterocycles. The molecule has 0 aliphatic carbocycles. The molecule has 8 heteroatoms. The fourth-order valence-corrected chi connectivity index (χ4v) is 3.11. The van der Waals surface area contributed by atoms with E-state index in [1.54, 1.807) is 44.6 Å². The highest BCUT2D eigenvalue weighted by Crippen LogP contribution is 2.36. The summed E-state index contributed by atoms with van der Waals surface area (Å²) in [7, 11) is 3.13. The molecular weight excluding hydrogens is 366 g/mol. The van der Waals surface area contributed by atoms with Gasteiger partial charge in [0.15, 0.2) is 23.0 Å². The molecule has 1 fully saturated rings. The second-order valence-electron chi connectivity index (χ2n) is 6.43. The first-order valence-corrected chi connectivity index (χ1v) is 8.84. The molecule has 2 aromatic carbocycles. The fourth-order valence-electron chi connectivity index (χ4n) is 3.11. The van der Waals surface area contributed by atoms with E-state index in [0.717, 1.165) is 0 Å². The summed E-state index contributed by atoms with van der Waals surface area (Å²) in [5.41, 5.74) is 1.16. The van der Waals surface area contributed by atoms with Gasteiger partial charge in [0.05, 0.1) is 26.9 Å². The zero-order valence-electron chi connectivity index (χ0n) is 15.8. The lowest BCUT2D eigenvalue weighted by Crippen LogP contribution is -2.44. The number of ether oxygens (including phenoxy) is 5. The number of hydrogen-bond acceptors (Lipinski definition) is 7. The highest BCUT2D eigenvalue weighted by atomic mass is 16.8. The second-order valence-corrected chi connectivity index (χ2v) is 6.43. The van der Waals surface area contributed by atoms with Crippen LogP contribution in [0, 0.1) is 0 Å². The third kappa shape index (κ3) is 3.44. The van der Waals surface area contributed by atoms with E-state index in [1.165, 1.54) is 5.06 Å². The van der Waals surface area contributed by atoms with Gasteiger partial charge in [-0.1, -0.05) is 0 Å². The van der Waals surface area contributed by atoms with Gasteiger partial charge in [0.1, 0.15) is 0 Å². The highest BCUT2D eigenvalue weighted by Gasteiger charge is 2.32. The topological polar surface area (TPSA) is 75.7 Å². The quantitative estimate of drug-likeness (QED) is 0.798. The lowest BCUT2D eigenvalue weighted by Gasteiger charge is -2.36. The van der Waals surface area contributed by atoms with Crippen molar-refractivity contribution in [1.29, 1.82) is 0 Å². The Bertz CT molecular complexity index is 885. The van der Waals surface area contributed by atoms with E-state index in [2.05, 4.69) is 0 Å². The Morgan fingerprint density at radius 3 is 2.61 bits per heavy atom. The van der Waals surface area contributed by atoms with Crippen LogP contribution >= 0.6 is 0 Å². The number of fused-ring (bicyclic) bond motifs is 1. The first-order chi connectivity index (χ1) is 13.6. The summed E-state index contributed by atoms with van der Waals surface area (Å²) in [5, 5.41) is 1.31. The van der Waals surface area contributed by atoms with E-state index in [-0.39, 0.29) is 18.8 Å². The summed E-state index contributed by atoms with van der Waals surface area (Å²) in [6.45, 7) is 2.34. The van der Waals surface area contributed by atoms with Gasteiger partial charge in [0.2, 0.25) is 13.1 Å². The van der Waals surface area contributed by atoms with Crippen molar-refractivity contribution in [1.82, 2.24) is 5.06 Å². The molecule has 2 atom stereocenters. The molecule has 0 aromatic heterocycles. The summed E-state index contributed by atoms with van der Waals surface area (Å²) in [4.78, 5) is 18.8. The number of rotatable bonds is 4. The van der Waals surface area contributed by atoms with E-state index in [4.69, 9.17) is 28.5 Å². The maximum Gasteiger partial charge on any atom is 0.277 e. The van der Waals surface area contributed by atoms with Gasteiger partial charge in [0.25, 0.3) is 5.91 Å². The summed E-state index contributed by atoms with van der Waals surface area (Å²) < 4.78 is 27.1. The molecule has 28 heavy (non-hydrogen) atoms. The standard InChI is InChI=1S/C20H21NO7/c1-12-10-21(19(22)13-4-7-16-18(8-13)26-11-25-16)28-20(27-12)14-5-6-15(23-2)17(9-14)24-3/h4-9,12,20H,10-11H2,1-3H3/t12-,20-/m1/s1. The van der Waals surface area contributed by atoms with Crippen molar-refractivity contribution in [2.75, 3.05) is 27.6 Å². The average Bonchev–Trinajstić information content (AvgIpc) is 3.20. The molecule has 0 unspecified atom stereocenters. The van der Waals surface area contributed by atoms with Crippen LogP contribution in [0.1, 0.15) is 29.1 Å². The first-order valence-electron chi connectivity index (χ1n) is 8.84. The zero-order chi connectivity index (χ0) is 19.7. The van der Waals surface area contributed by atoms with E-state index < -0.39 is 6.29 Å². The third-order valence-corrected chi connectivity index (χ3v) is 4.53. The smallest absolute Gasteiger partial charge is 0.277 e. The van der Waals surface area contributed by atoms with Gasteiger partial charge in [-0.05, 0) is 43.3 Å². The van der Waals surface area contributed by atoms with Crippen molar-refractivity contribution in [3.63, 3.8) is 0 Å². The Labute approximate surface area is 162 Å². The maximum absolute atomic E-state index is 12.9. The lowest BCUT2D eigenvalue weighted by molar-refractivity contribution is -0.320. The first kappa shape index (κ1) is 18.4. The van der Waals surface area contributed by atoms with Gasteiger partial charge in [-0.3, -0.25) is 4.79 Å². The molecule has 0 spiro atoms. The van der Waals surface area contributed by atoms with E-state index in [9.17, 15) is 4.79 Å². The molecule has 8 nitrogen and oxygen atoms in total. The zero-order valence-corrected chi connectivity index (χ0v) is 15.8. The van der Waals surface area contributed by atoms with Crippen molar-refractivity contribution < 1.29 is 33.3 Å². The maximum atomic E-state index is 12.9. The number of amides is 1. The van der Waals surface area contributed by atoms with Crippen molar-refractivity contribution in [3.05, 3.63) is 47.5 Å². The van der Waals surface area contributed by atoms with Gasteiger partial charge in [-0.2, -0.15) is 0 Å². The predicted octanol–water partition coefficient (Wildman–Crippen LogP) is 2.92. The molecule has 0 saturated carbocycles. The van der Waals surface area contributed by atoms with Gasteiger partial charge in [0, 0.05) is 11.1 Å². The normalized spacial score (nSPS) is 20.8. The number of carbonyl (C=O) groups excluding carboxylic acids is 1. The van der Waals surface area contributed by atoms with Gasteiger partial charge in [-0.25, -0.2) is 9.90 Å². The average molecular weight is 387 g/mol. The van der Waals surface area contributed by atoms with Crippen LogP contribution in [0.15, 0.2) is 36.4 Å². The van der Waals surface area contributed by atoms with Crippen LogP contribution in [0.2, 0.25) is 0 Å². The second kappa shape index (κ2) is 7.57. The Morgan fingerprint density at radius 1 is 1.04 bits per heavy atom. The lowest BCUT2D eigenvalue weighted by atomic mass is 10.1. The van der Waals surface area contributed by atoms with Gasteiger partial charge < -0.3 is 23.7 Å².